The van der Waals surface area contributed by atoms with Crippen molar-refractivity contribution in [3.05, 3.63) is 57.9 Å². The lowest BCUT2D eigenvalue weighted by Crippen LogP contribution is -2.24. The molecule has 2 nitrogen and oxygen atoms in total. The molecule has 0 aliphatic rings. The number of benzene rings is 1. The van der Waals surface area contributed by atoms with Gasteiger partial charge in [-0.1, -0.05) is 44.2 Å². The molecule has 0 amide bonds. The van der Waals surface area contributed by atoms with Gasteiger partial charge in [0.15, 0.2) is 0 Å². The van der Waals surface area contributed by atoms with Gasteiger partial charge in [0, 0.05) is 12.1 Å². The first kappa shape index (κ1) is 14.9. The van der Waals surface area contributed by atoms with E-state index in [1.165, 1.54) is 5.56 Å². The highest BCUT2D eigenvalue weighted by atomic mass is 35.5. The van der Waals surface area contributed by atoms with Crippen LogP contribution in [0.25, 0.3) is 11.3 Å². The first-order valence-electron chi connectivity index (χ1n) is 7.09. The number of halogens is 1. The van der Waals surface area contributed by atoms with Crippen LogP contribution in [0.2, 0.25) is 0 Å². The van der Waals surface area contributed by atoms with Crippen molar-refractivity contribution in [3.63, 3.8) is 0 Å². The van der Waals surface area contributed by atoms with Crippen molar-refractivity contribution in [2.24, 2.45) is 0 Å². The quantitative estimate of drug-likeness (QED) is 0.755. The summed E-state index contributed by atoms with van der Waals surface area (Å²) < 4.78 is 1.83. The number of alkyl halides is 1. The molecule has 0 saturated carbocycles. The van der Waals surface area contributed by atoms with Gasteiger partial charge in [0.2, 0.25) is 0 Å². The molecule has 0 spiro atoms. The molecule has 3 heteroatoms. The Hall–Kier alpha value is -1.54. The molecule has 1 aromatic carbocycles. The molecule has 0 saturated heterocycles. The van der Waals surface area contributed by atoms with Gasteiger partial charge < -0.3 is 4.57 Å². The van der Waals surface area contributed by atoms with Crippen molar-refractivity contribution in [2.75, 3.05) is 0 Å². The Morgan fingerprint density at radius 2 is 1.75 bits per heavy atom. The lowest BCUT2D eigenvalue weighted by Gasteiger charge is -2.14. The monoisotopic (exact) mass is 289 g/mol. The van der Waals surface area contributed by atoms with Crippen molar-refractivity contribution < 1.29 is 0 Å². The van der Waals surface area contributed by atoms with Crippen LogP contribution in [0.4, 0.5) is 0 Å². The van der Waals surface area contributed by atoms with Crippen LogP contribution >= 0.6 is 11.6 Å². The average Bonchev–Trinajstić information content (AvgIpc) is 2.49. The Bertz CT molecular complexity index is 628. The Morgan fingerprint density at radius 3 is 2.30 bits per heavy atom. The van der Waals surface area contributed by atoms with Gasteiger partial charge in [-0.3, -0.25) is 4.79 Å². The maximum absolute atomic E-state index is 12.4. The summed E-state index contributed by atoms with van der Waals surface area (Å²) >= 11 is 5.83. The van der Waals surface area contributed by atoms with Crippen LogP contribution in [-0.4, -0.2) is 4.57 Å². The summed E-state index contributed by atoms with van der Waals surface area (Å²) in [5, 5.41) is 0. The van der Waals surface area contributed by atoms with Gasteiger partial charge in [-0.15, -0.1) is 11.6 Å². The van der Waals surface area contributed by atoms with Gasteiger partial charge >= 0.3 is 0 Å². The number of aryl methyl sites for hydroxylation is 1. The predicted molar refractivity (Wildman–Crippen MR) is 85.4 cm³/mol. The minimum Gasteiger partial charge on any atom is -0.308 e. The van der Waals surface area contributed by atoms with Crippen molar-refractivity contribution in [2.45, 2.75) is 39.1 Å². The molecule has 0 fully saturated rings. The zero-order valence-electron chi connectivity index (χ0n) is 12.0. The number of nitrogens with zero attached hydrogens (tertiary/aromatic N) is 1. The van der Waals surface area contributed by atoms with E-state index in [-0.39, 0.29) is 11.4 Å². The summed E-state index contributed by atoms with van der Waals surface area (Å²) in [6, 6.07) is 12.2. The molecular formula is C17H20ClNO. The first-order valence-corrected chi connectivity index (χ1v) is 7.62. The van der Waals surface area contributed by atoms with E-state index in [0.717, 1.165) is 24.1 Å². The summed E-state index contributed by atoms with van der Waals surface area (Å²) in [7, 11) is 0. The molecule has 1 heterocycles. The number of rotatable bonds is 5. The van der Waals surface area contributed by atoms with Gasteiger partial charge in [0.1, 0.15) is 0 Å². The molecule has 0 radical (unpaired) electrons. The third-order valence-electron chi connectivity index (χ3n) is 3.50. The Kier molecular flexibility index (Phi) is 5.02. The molecule has 106 valence electrons. The fourth-order valence-electron chi connectivity index (χ4n) is 2.33. The molecule has 2 rings (SSSR count). The van der Waals surface area contributed by atoms with E-state index >= 15 is 0 Å². The molecule has 0 aliphatic carbocycles. The molecule has 0 bridgehead atoms. The van der Waals surface area contributed by atoms with Crippen LogP contribution in [-0.2, 0) is 18.8 Å². The number of hydrogen-bond acceptors (Lipinski definition) is 1. The highest BCUT2D eigenvalue weighted by Gasteiger charge is 2.09. The van der Waals surface area contributed by atoms with Gasteiger partial charge in [-0.2, -0.15) is 0 Å². The normalized spacial score (nSPS) is 10.8. The number of aromatic nitrogens is 1. The second-order valence-corrected chi connectivity index (χ2v) is 5.15. The van der Waals surface area contributed by atoms with Gasteiger partial charge in [-0.25, -0.2) is 0 Å². The maximum Gasteiger partial charge on any atom is 0.255 e. The standard InChI is InChI=1S/C17H20ClNO/c1-3-11-19-16(10-9-15(12-18)17(19)20)14-7-5-13(4-2)6-8-14/h5-10H,3-4,11-12H2,1-2H3. The number of pyridine rings is 1. The van der Waals surface area contributed by atoms with Crippen LogP contribution < -0.4 is 5.56 Å². The molecule has 20 heavy (non-hydrogen) atoms. The van der Waals surface area contributed by atoms with Gasteiger partial charge in [0.25, 0.3) is 5.56 Å². The van der Waals surface area contributed by atoms with E-state index in [9.17, 15) is 4.79 Å². The van der Waals surface area contributed by atoms with Gasteiger partial charge in [-0.05, 0) is 30.0 Å². The summed E-state index contributed by atoms with van der Waals surface area (Å²) in [5.41, 5.74) is 4.03. The van der Waals surface area contributed by atoms with Crippen molar-refractivity contribution in [3.8, 4) is 11.3 Å². The summed E-state index contributed by atoms with van der Waals surface area (Å²) in [5.74, 6) is 0.262. The minimum absolute atomic E-state index is 0.0268. The summed E-state index contributed by atoms with van der Waals surface area (Å²) in [6.07, 6.45) is 1.94. The fourth-order valence-corrected chi connectivity index (χ4v) is 2.54. The lowest BCUT2D eigenvalue weighted by molar-refractivity contribution is 0.656. The highest BCUT2D eigenvalue weighted by molar-refractivity contribution is 6.17. The zero-order chi connectivity index (χ0) is 14.5. The second-order valence-electron chi connectivity index (χ2n) is 4.88. The lowest BCUT2D eigenvalue weighted by atomic mass is 10.1. The third kappa shape index (κ3) is 2.96. The van der Waals surface area contributed by atoms with E-state index in [4.69, 9.17) is 11.6 Å². The molecule has 0 atom stereocenters. The smallest absolute Gasteiger partial charge is 0.255 e. The van der Waals surface area contributed by atoms with Crippen LogP contribution in [0.1, 0.15) is 31.4 Å². The van der Waals surface area contributed by atoms with Crippen LogP contribution in [0.3, 0.4) is 0 Å². The minimum atomic E-state index is 0.0268. The third-order valence-corrected chi connectivity index (χ3v) is 3.79. The topological polar surface area (TPSA) is 22.0 Å². The van der Waals surface area contributed by atoms with Crippen molar-refractivity contribution in [1.29, 1.82) is 0 Å². The molecule has 0 aliphatic heterocycles. The van der Waals surface area contributed by atoms with E-state index < -0.39 is 0 Å². The van der Waals surface area contributed by atoms with Crippen molar-refractivity contribution in [1.82, 2.24) is 4.57 Å². The number of hydrogen-bond donors (Lipinski definition) is 0. The van der Waals surface area contributed by atoms with E-state index in [1.54, 1.807) is 0 Å². The van der Waals surface area contributed by atoms with Crippen molar-refractivity contribution >= 4 is 11.6 Å². The molecule has 2 aromatic rings. The average molecular weight is 290 g/mol. The molecular weight excluding hydrogens is 270 g/mol. The highest BCUT2D eigenvalue weighted by Crippen LogP contribution is 2.20. The largest absolute Gasteiger partial charge is 0.308 e. The zero-order valence-corrected chi connectivity index (χ0v) is 12.8. The van der Waals surface area contributed by atoms with Crippen LogP contribution in [0, 0.1) is 0 Å². The van der Waals surface area contributed by atoms with Crippen LogP contribution in [0.5, 0.6) is 0 Å². The summed E-state index contributed by atoms with van der Waals surface area (Å²) in [6.45, 7) is 4.93. The molecule has 0 unspecified atom stereocenters. The second kappa shape index (κ2) is 6.76. The Balaban J connectivity index is 2.54. The van der Waals surface area contributed by atoms with E-state index in [1.807, 2.05) is 16.7 Å². The predicted octanol–water partition coefficient (Wildman–Crippen LogP) is 4.23. The Morgan fingerprint density at radius 1 is 1.05 bits per heavy atom. The summed E-state index contributed by atoms with van der Waals surface area (Å²) in [4.78, 5) is 12.4. The molecule has 1 aromatic heterocycles. The first-order chi connectivity index (χ1) is 9.71. The SMILES string of the molecule is CCCn1c(-c2ccc(CC)cc2)ccc(CCl)c1=O. The fraction of sp³-hybridized carbons (Fsp3) is 0.353. The van der Waals surface area contributed by atoms with Gasteiger partial charge in [0.05, 0.1) is 11.6 Å². The molecule has 0 N–H and O–H groups in total. The Labute approximate surface area is 125 Å². The van der Waals surface area contributed by atoms with E-state index in [0.29, 0.717) is 12.1 Å². The van der Waals surface area contributed by atoms with E-state index in [2.05, 4.69) is 38.1 Å². The van der Waals surface area contributed by atoms with Crippen LogP contribution in [0.15, 0.2) is 41.2 Å². The maximum atomic E-state index is 12.4.